The number of hydrogen-bond donors (Lipinski definition) is 1. The Kier molecular flexibility index (Phi) is 4.21. The minimum Gasteiger partial charge on any atom is -0.310 e. The van der Waals surface area contributed by atoms with Crippen molar-refractivity contribution in [1.82, 2.24) is 34.3 Å². The number of rotatable bonds is 4. The fourth-order valence-electron chi connectivity index (χ4n) is 2.69. The second kappa shape index (κ2) is 6.67. The van der Waals surface area contributed by atoms with Crippen molar-refractivity contribution in [2.24, 2.45) is 0 Å². The molecule has 0 radical (unpaired) electrons. The topological polar surface area (TPSA) is 120 Å². The largest absolute Gasteiger partial charge is 0.310 e. The lowest BCUT2D eigenvalue weighted by molar-refractivity contribution is -0.116. The van der Waals surface area contributed by atoms with E-state index in [0.29, 0.717) is 28.2 Å². The molecule has 10 nitrogen and oxygen atoms in total. The molecule has 3 aromatic rings. The van der Waals surface area contributed by atoms with Crippen LogP contribution in [-0.2, 0) is 4.79 Å². The van der Waals surface area contributed by atoms with Crippen molar-refractivity contribution in [2.45, 2.75) is 24.5 Å². The number of aromatic nitrogens is 7. The molecule has 0 saturated heterocycles. The number of nitrogens with zero attached hydrogens (tertiary/aromatic N) is 7. The van der Waals surface area contributed by atoms with Gasteiger partial charge in [-0.15, -0.1) is 0 Å². The molecule has 0 aliphatic carbocycles. The van der Waals surface area contributed by atoms with Crippen LogP contribution < -0.4 is 10.9 Å². The second-order valence-corrected chi connectivity index (χ2v) is 6.69. The first kappa shape index (κ1) is 16.4. The zero-order chi connectivity index (χ0) is 18.1. The van der Waals surface area contributed by atoms with Gasteiger partial charge in [-0.2, -0.15) is 5.10 Å². The minimum atomic E-state index is -0.237. The predicted molar refractivity (Wildman–Crippen MR) is 93.2 cm³/mol. The van der Waals surface area contributed by atoms with Crippen LogP contribution in [0.3, 0.4) is 0 Å². The molecule has 1 aliphatic heterocycles. The van der Waals surface area contributed by atoms with Gasteiger partial charge in [-0.25, -0.2) is 24.6 Å². The number of thioether (sulfide) groups is 1. The third-order valence-corrected chi connectivity index (χ3v) is 4.91. The van der Waals surface area contributed by atoms with Crippen LogP contribution in [0.5, 0.6) is 0 Å². The van der Waals surface area contributed by atoms with E-state index >= 15 is 0 Å². The summed E-state index contributed by atoms with van der Waals surface area (Å²) in [6, 6.07) is 2.85. The van der Waals surface area contributed by atoms with Crippen LogP contribution in [0.25, 0.3) is 5.82 Å². The molecule has 3 aromatic heterocycles. The van der Waals surface area contributed by atoms with E-state index in [0.717, 1.165) is 0 Å². The van der Waals surface area contributed by atoms with Crippen LogP contribution in [0, 0.1) is 6.92 Å². The Morgan fingerprint density at radius 1 is 1.35 bits per heavy atom. The third-order valence-electron chi connectivity index (χ3n) is 3.81. The molecular weight excluding hydrogens is 356 g/mol. The van der Waals surface area contributed by atoms with Gasteiger partial charge in [0.1, 0.15) is 24.8 Å². The van der Waals surface area contributed by atoms with Gasteiger partial charge in [-0.05, 0) is 6.92 Å². The summed E-state index contributed by atoms with van der Waals surface area (Å²) >= 11 is 1.48. The van der Waals surface area contributed by atoms with Gasteiger partial charge in [-0.1, -0.05) is 11.8 Å². The van der Waals surface area contributed by atoms with E-state index in [1.54, 1.807) is 17.6 Å². The Labute approximate surface area is 151 Å². The standard InChI is InChI=1S/C15H14N8O2S/c1-9-2-14(25)23-10(5-26-15(23)20-9)3-13(24)21-11-4-12(18-7-17-11)22-8-16-6-19-22/h2,4,6-8,10H,3,5H2,1H3,(H,17,18,21,24). The highest BCUT2D eigenvalue weighted by Crippen LogP contribution is 2.32. The van der Waals surface area contributed by atoms with Crippen LogP contribution >= 0.6 is 11.8 Å². The Hall–Kier alpha value is -3.08. The van der Waals surface area contributed by atoms with E-state index < -0.39 is 0 Å². The van der Waals surface area contributed by atoms with Gasteiger partial charge in [0.05, 0.1) is 6.04 Å². The van der Waals surface area contributed by atoms with E-state index in [1.165, 1.54) is 41.5 Å². The summed E-state index contributed by atoms with van der Waals surface area (Å²) in [6.07, 6.45) is 4.39. The second-order valence-electron chi connectivity index (χ2n) is 5.71. The third kappa shape index (κ3) is 3.20. The quantitative estimate of drug-likeness (QED) is 0.663. The first-order valence-electron chi connectivity index (χ1n) is 7.80. The van der Waals surface area contributed by atoms with Crippen molar-refractivity contribution < 1.29 is 4.79 Å². The SMILES string of the molecule is Cc1cc(=O)n2c(n1)SCC2CC(=O)Nc1cc(-n2cncn2)ncn1. The molecule has 0 fully saturated rings. The summed E-state index contributed by atoms with van der Waals surface area (Å²) in [5.41, 5.74) is 0.547. The summed E-state index contributed by atoms with van der Waals surface area (Å²) in [7, 11) is 0. The van der Waals surface area contributed by atoms with Crippen molar-refractivity contribution in [2.75, 3.05) is 11.1 Å². The average molecular weight is 370 g/mol. The number of anilines is 1. The molecule has 1 aliphatic rings. The molecule has 4 heterocycles. The Balaban J connectivity index is 1.48. The first-order chi connectivity index (χ1) is 12.6. The lowest BCUT2D eigenvalue weighted by Gasteiger charge is -2.13. The van der Waals surface area contributed by atoms with Crippen molar-refractivity contribution in [3.05, 3.63) is 47.2 Å². The van der Waals surface area contributed by atoms with E-state index in [9.17, 15) is 9.59 Å². The predicted octanol–water partition coefficient (Wildman–Crippen LogP) is 0.598. The van der Waals surface area contributed by atoms with Crippen LogP contribution in [-0.4, -0.2) is 45.9 Å². The smallest absolute Gasteiger partial charge is 0.254 e. The van der Waals surface area contributed by atoms with Crippen molar-refractivity contribution >= 4 is 23.5 Å². The molecule has 0 aromatic carbocycles. The fourth-order valence-corrected chi connectivity index (χ4v) is 3.88. The van der Waals surface area contributed by atoms with Gasteiger partial charge in [0.15, 0.2) is 11.0 Å². The van der Waals surface area contributed by atoms with E-state index in [-0.39, 0.29) is 23.9 Å². The van der Waals surface area contributed by atoms with Crippen LogP contribution in [0.15, 0.2) is 41.1 Å². The van der Waals surface area contributed by atoms with E-state index in [4.69, 9.17) is 0 Å². The summed E-state index contributed by atoms with van der Waals surface area (Å²) in [5.74, 6) is 1.24. The van der Waals surface area contributed by atoms with Gasteiger partial charge in [-0.3, -0.25) is 14.2 Å². The van der Waals surface area contributed by atoms with E-state index in [1.807, 2.05) is 0 Å². The number of aryl methyl sites for hydroxylation is 1. The molecule has 4 rings (SSSR count). The molecule has 0 spiro atoms. The Morgan fingerprint density at radius 3 is 3.04 bits per heavy atom. The Bertz CT molecular complexity index is 1020. The lowest BCUT2D eigenvalue weighted by atomic mass is 10.2. The highest BCUT2D eigenvalue weighted by Gasteiger charge is 2.27. The van der Waals surface area contributed by atoms with Crippen molar-refractivity contribution in [1.29, 1.82) is 0 Å². The summed E-state index contributed by atoms with van der Waals surface area (Å²) < 4.78 is 3.05. The molecule has 1 unspecified atom stereocenters. The molecule has 1 N–H and O–H groups in total. The minimum absolute atomic E-state index is 0.134. The summed E-state index contributed by atoms with van der Waals surface area (Å²) in [4.78, 5) is 40.9. The molecule has 132 valence electrons. The maximum Gasteiger partial charge on any atom is 0.254 e. The summed E-state index contributed by atoms with van der Waals surface area (Å²) in [6.45, 7) is 1.78. The fraction of sp³-hybridized carbons (Fsp3) is 0.267. The highest BCUT2D eigenvalue weighted by atomic mass is 32.2. The molecule has 0 saturated carbocycles. The molecule has 11 heteroatoms. The number of amides is 1. The average Bonchev–Trinajstić information content (AvgIpc) is 3.25. The molecule has 0 bridgehead atoms. The summed E-state index contributed by atoms with van der Waals surface area (Å²) in [5, 5.41) is 7.38. The van der Waals surface area contributed by atoms with Crippen LogP contribution in [0.2, 0.25) is 0 Å². The molecule has 26 heavy (non-hydrogen) atoms. The van der Waals surface area contributed by atoms with Crippen LogP contribution in [0.4, 0.5) is 5.82 Å². The van der Waals surface area contributed by atoms with E-state index in [2.05, 4.69) is 30.4 Å². The number of hydrogen-bond acceptors (Lipinski definition) is 8. The number of nitrogens with one attached hydrogen (secondary N) is 1. The number of fused-ring (bicyclic) bond motifs is 1. The van der Waals surface area contributed by atoms with Crippen LogP contribution in [0.1, 0.15) is 18.2 Å². The van der Waals surface area contributed by atoms with Gasteiger partial charge >= 0.3 is 0 Å². The number of carbonyl (C=O) groups is 1. The lowest BCUT2D eigenvalue weighted by Crippen LogP contribution is -2.27. The zero-order valence-electron chi connectivity index (χ0n) is 13.7. The van der Waals surface area contributed by atoms with Crippen molar-refractivity contribution in [3.8, 4) is 5.82 Å². The molecule has 1 amide bonds. The maximum absolute atomic E-state index is 12.4. The van der Waals surface area contributed by atoms with Crippen molar-refractivity contribution in [3.63, 3.8) is 0 Å². The van der Waals surface area contributed by atoms with Gasteiger partial charge in [0, 0.05) is 30.0 Å². The monoisotopic (exact) mass is 370 g/mol. The molecular formula is C15H14N8O2S. The Morgan fingerprint density at radius 2 is 2.23 bits per heavy atom. The first-order valence-corrected chi connectivity index (χ1v) is 8.78. The molecule has 1 atom stereocenters. The maximum atomic E-state index is 12.4. The number of carbonyl (C=O) groups excluding carboxylic acids is 1. The van der Waals surface area contributed by atoms with Gasteiger partial charge in [0.25, 0.3) is 5.56 Å². The highest BCUT2D eigenvalue weighted by molar-refractivity contribution is 7.99. The normalized spacial score (nSPS) is 15.7. The van der Waals surface area contributed by atoms with Gasteiger partial charge < -0.3 is 5.32 Å². The zero-order valence-corrected chi connectivity index (χ0v) is 14.6. The van der Waals surface area contributed by atoms with Gasteiger partial charge in [0.2, 0.25) is 5.91 Å².